The smallest absolute Gasteiger partial charge is 0.254 e. The summed E-state index contributed by atoms with van der Waals surface area (Å²) in [5.41, 5.74) is 10.3. The normalized spacial score (nSPS) is 12.3. The summed E-state index contributed by atoms with van der Waals surface area (Å²) in [7, 11) is 0. The van der Waals surface area contributed by atoms with Crippen molar-refractivity contribution in [2.45, 2.75) is 39.8 Å². The van der Waals surface area contributed by atoms with Gasteiger partial charge in [0.15, 0.2) is 5.65 Å². The second kappa shape index (κ2) is 10.6. The molecular formula is C27H32N6O. The van der Waals surface area contributed by atoms with Gasteiger partial charge in [-0.3, -0.25) is 4.79 Å². The molecule has 0 saturated heterocycles. The van der Waals surface area contributed by atoms with Crippen LogP contribution in [0.2, 0.25) is 0 Å². The molecule has 7 nitrogen and oxygen atoms in total. The van der Waals surface area contributed by atoms with Gasteiger partial charge in [-0.05, 0) is 43.5 Å². The number of fused-ring (bicyclic) bond motifs is 1. The van der Waals surface area contributed by atoms with Crippen LogP contribution < -0.4 is 5.73 Å². The summed E-state index contributed by atoms with van der Waals surface area (Å²) in [5, 5.41) is 0. The molecule has 0 saturated carbocycles. The van der Waals surface area contributed by atoms with Crippen molar-refractivity contribution in [3.63, 3.8) is 0 Å². The molecule has 2 aromatic carbocycles. The molecule has 1 amide bonds. The molecule has 2 aromatic heterocycles. The molecule has 4 rings (SSSR count). The van der Waals surface area contributed by atoms with Crippen LogP contribution in [0.5, 0.6) is 0 Å². The van der Waals surface area contributed by atoms with Crippen molar-refractivity contribution >= 4 is 17.1 Å². The van der Waals surface area contributed by atoms with Gasteiger partial charge in [0.25, 0.3) is 5.91 Å². The first-order valence-corrected chi connectivity index (χ1v) is 11.8. The van der Waals surface area contributed by atoms with E-state index in [9.17, 15) is 4.79 Å². The van der Waals surface area contributed by atoms with Crippen molar-refractivity contribution in [2.75, 3.05) is 13.1 Å². The standard InChI is InChI=1S/C27H32N6O/c1-19(2)24(32(15-7-14-28)27(34)22-12-10-20(3)11-13-22)26-31-23-16-29-18-30-25(23)33(26)17-21-8-5-4-6-9-21/h4-6,8-13,16,18-19,24H,7,14-15,17,28H2,1-3H3. The minimum atomic E-state index is -0.252. The Kier molecular flexibility index (Phi) is 7.33. The highest BCUT2D eigenvalue weighted by molar-refractivity contribution is 5.94. The highest BCUT2D eigenvalue weighted by Crippen LogP contribution is 2.32. The van der Waals surface area contributed by atoms with Crippen LogP contribution >= 0.6 is 0 Å². The number of nitrogens with zero attached hydrogens (tertiary/aromatic N) is 5. The van der Waals surface area contributed by atoms with Crippen LogP contribution in [0.4, 0.5) is 0 Å². The van der Waals surface area contributed by atoms with Gasteiger partial charge in [-0.2, -0.15) is 0 Å². The Balaban J connectivity index is 1.83. The van der Waals surface area contributed by atoms with Gasteiger partial charge < -0.3 is 15.2 Å². The molecule has 1 atom stereocenters. The molecule has 0 bridgehead atoms. The van der Waals surface area contributed by atoms with Crippen LogP contribution in [0.25, 0.3) is 11.2 Å². The van der Waals surface area contributed by atoms with E-state index in [0.717, 1.165) is 28.1 Å². The number of amides is 1. The number of rotatable bonds is 9. The Hall–Kier alpha value is -3.58. The summed E-state index contributed by atoms with van der Waals surface area (Å²) in [4.78, 5) is 29.4. The number of imidazole rings is 1. The zero-order valence-electron chi connectivity index (χ0n) is 20.1. The third-order valence-electron chi connectivity index (χ3n) is 6.02. The molecule has 1 unspecified atom stereocenters. The fourth-order valence-corrected chi connectivity index (χ4v) is 4.33. The lowest BCUT2D eigenvalue weighted by molar-refractivity contribution is 0.0605. The minimum absolute atomic E-state index is 0.0171. The average molecular weight is 457 g/mol. The van der Waals surface area contributed by atoms with Crippen LogP contribution in [0.1, 0.15) is 53.6 Å². The molecule has 2 N–H and O–H groups in total. The average Bonchev–Trinajstić information content (AvgIpc) is 3.19. The number of carbonyl (C=O) groups excluding carboxylic acids is 1. The second-order valence-electron chi connectivity index (χ2n) is 8.97. The summed E-state index contributed by atoms with van der Waals surface area (Å²) in [6.45, 7) is 7.93. The van der Waals surface area contributed by atoms with Crippen molar-refractivity contribution < 1.29 is 4.79 Å². The molecule has 7 heteroatoms. The van der Waals surface area contributed by atoms with Gasteiger partial charge in [-0.15, -0.1) is 0 Å². The molecule has 0 radical (unpaired) electrons. The van der Waals surface area contributed by atoms with Crippen LogP contribution in [0, 0.1) is 12.8 Å². The molecule has 0 fully saturated rings. The van der Waals surface area contributed by atoms with Crippen molar-refractivity contribution in [1.29, 1.82) is 0 Å². The van der Waals surface area contributed by atoms with Crippen LogP contribution in [-0.4, -0.2) is 43.4 Å². The zero-order chi connectivity index (χ0) is 24.1. The monoisotopic (exact) mass is 456 g/mol. The number of benzene rings is 2. The summed E-state index contributed by atoms with van der Waals surface area (Å²) in [6, 6.07) is 17.7. The van der Waals surface area contributed by atoms with Crippen LogP contribution in [0.3, 0.4) is 0 Å². The number of aromatic nitrogens is 4. The van der Waals surface area contributed by atoms with Crippen molar-refractivity contribution in [3.05, 3.63) is 89.6 Å². The van der Waals surface area contributed by atoms with Crippen molar-refractivity contribution in [2.24, 2.45) is 11.7 Å². The Bertz CT molecular complexity index is 1230. The van der Waals surface area contributed by atoms with Gasteiger partial charge in [-0.1, -0.05) is 61.9 Å². The molecule has 176 valence electrons. The first kappa shape index (κ1) is 23.6. The minimum Gasteiger partial charge on any atom is -0.330 e. The van der Waals surface area contributed by atoms with Gasteiger partial charge in [0.05, 0.1) is 18.8 Å². The van der Waals surface area contributed by atoms with Gasteiger partial charge >= 0.3 is 0 Å². The lowest BCUT2D eigenvalue weighted by Crippen LogP contribution is -2.40. The SMILES string of the molecule is Cc1ccc(C(=O)N(CCCN)C(c2nc3cncnc3n2Cc2ccccc2)C(C)C)cc1. The largest absolute Gasteiger partial charge is 0.330 e. The van der Waals surface area contributed by atoms with E-state index in [2.05, 4.69) is 40.5 Å². The fourth-order valence-electron chi connectivity index (χ4n) is 4.33. The summed E-state index contributed by atoms with van der Waals surface area (Å²) < 4.78 is 2.12. The maximum atomic E-state index is 13.8. The van der Waals surface area contributed by atoms with E-state index in [4.69, 9.17) is 10.7 Å². The Morgan fingerprint density at radius 3 is 2.50 bits per heavy atom. The predicted molar refractivity (Wildman–Crippen MR) is 134 cm³/mol. The molecule has 4 aromatic rings. The predicted octanol–water partition coefficient (Wildman–Crippen LogP) is 4.37. The number of aryl methyl sites for hydroxylation is 1. The molecule has 2 heterocycles. The zero-order valence-corrected chi connectivity index (χ0v) is 20.1. The highest BCUT2D eigenvalue weighted by atomic mass is 16.2. The summed E-state index contributed by atoms with van der Waals surface area (Å²) in [6.07, 6.45) is 3.99. The van der Waals surface area contributed by atoms with E-state index in [1.807, 2.05) is 54.3 Å². The molecular weight excluding hydrogens is 424 g/mol. The van der Waals surface area contributed by atoms with Gasteiger partial charge in [0, 0.05) is 12.1 Å². The topological polar surface area (TPSA) is 89.9 Å². The molecule has 0 aliphatic heterocycles. The maximum Gasteiger partial charge on any atom is 0.254 e. The quantitative estimate of drug-likeness (QED) is 0.404. The van der Waals surface area contributed by atoms with Crippen molar-refractivity contribution in [3.8, 4) is 0 Å². The number of nitrogens with two attached hydrogens (primary N) is 1. The van der Waals surface area contributed by atoms with Crippen molar-refractivity contribution in [1.82, 2.24) is 24.4 Å². The van der Waals surface area contributed by atoms with Crippen LogP contribution in [-0.2, 0) is 6.54 Å². The number of hydrogen-bond acceptors (Lipinski definition) is 5. The molecule has 0 aliphatic carbocycles. The number of hydrogen-bond donors (Lipinski definition) is 1. The third-order valence-corrected chi connectivity index (χ3v) is 6.02. The molecule has 0 spiro atoms. The van der Waals surface area contributed by atoms with Gasteiger partial charge in [0.2, 0.25) is 0 Å². The summed E-state index contributed by atoms with van der Waals surface area (Å²) in [5.74, 6) is 0.912. The van der Waals surface area contributed by atoms with Gasteiger partial charge in [-0.25, -0.2) is 15.0 Å². The van der Waals surface area contributed by atoms with E-state index in [-0.39, 0.29) is 17.9 Å². The Morgan fingerprint density at radius 1 is 1.09 bits per heavy atom. The Morgan fingerprint density at radius 2 is 1.82 bits per heavy atom. The molecule has 0 aliphatic rings. The van der Waals surface area contributed by atoms with E-state index in [1.165, 1.54) is 0 Å². The fraction of sp³-hybridized carbons (Fsp3) is 0.333. The van der Waals surface area contributed by atoms with E-state index in [0.29, 0.717) is 31.6 Å². The maximum absolute atomic E-state index is 13.8. The lowest BCUT2D eigenvalue weighted by atomic mass is 9.99. The molecule has 34 heavy (non-hydrogen) atoms. The third kappa shape index (κ3) is 4.99. The van der Waals surface area contributed by atoms with Crippen LogP contribution in [0.15, 0.2) is 67.1 Å². The first-order valence-electron chi connectivity index (χ1n) is 11.8. The summed E-state index contributed by atoms with van der Waals surface area (Å²) >= 11 is 0. The highest BCUT2D eigenvalue weighted by Gasteiger charge is 2.33. The number of carbonyl (C=O) groups is 1. The lowest BCUT2D eigenvalue weighted by Gasteiger charge is -2.34. The van der Waals surface area contributed by atoms with Gasteiger partial charge in [0.1, 0.15) is 17.7 Å². The van der Waals surface area contributed by atoms with E-state index >= 15 is 0 Å². The second-order valence-corrected chi connectivity index (χ2v) is 8.97. The first-order chi connectivity index (χ1) is 16.5. The Labute approximate surface area is 200 Å². The van der Waals surface area contributed by atoms with E-state index in [1.54, 1.807) is 12.5 Å². The van der Waals surface area contributed by atoms with E-state index < -0.39 is 0 Å².